The molecule has 0 aliphatic carbocycles. The third kappa shape index (κ3) is 1.92. The molecule has 15 heavy (non-hydrogen) atoms. The van der Waals surface area contributed by atoms with Gasteiger partial charge in [-0.1, -0.05) is 5.16 Å². The minimum Gasteiger partial charge on any atom is -0.356 e. The van der Waals surface area contributed by atoms with Gasteiger partial charge in [0.2, 0.25) is 0 Å². The standard InChI is InChI=1S/C10H14N4O/c1-3-14-7-9(5-12-14)10-8(4-11-2)6-13-15-10/h5-7,11H,3-4H2,1-2H3. The first-order valence-corrected chi connectivity index (χ1v) is 4.96. The fourth-order valence-corrected chi connectivity index (χ4v) is 1.47. The highest BCUT2D eigenvalue weighted by atomic mass is 16.5. The summed E-state index contributed by atoms with van der Waals surface area (Å²) in [6.45, 7) is 3.65. The van der Waals surface area contributed by atoms with Crippen molar-refractivity contribution in [1.29, 1.82) is 0 Å². The quantitative estimate of drug-likeness (QED) is 0.818. The number of aromatic nitrogens is 3. The molecule has 0 bridgehead atoms. The van der Waals surface area contributed by atoms with E-state index in [1.807, 2.05) is 24.9 Å². The SMILES string of the molecule is CCn1cc(-c2oncc2CNC)cn1. The summed E-state index contributed by atoms with van der Waals surface area (Å²) in [6, 6.07) is 0. The predicted molar refractivity (Wildman–Crippen MR) is 56.2 cm³/mol. The largest absolute Gasteiger partial charge is 0.356 e. The molecule has 0 fully saturated rings. The second kappa shape index (κ2) is 4.27. The molecule has 5 nitrogen and oxygen atoms in total. The van der Waals surface area contributed by atoms with E-state index in [0.717, 1.165) is 30.0 Å². The van der Waals surface area contributed by atoms with Crippen LogP contribution in [0, 0.1) is 0 Å². The molecule has 0 amide bonds. The highest BCUT2D eigenvalue weighted by Gasteiger charge is 2.11. The van der Waals surface area contributed by atoms with Crippen LogP contribution in [0.2, 0.25) is 0 Å². The van der Waals surface area contributed by atoms with E-state index in [4.69, 9.17) is 4.52 Å². The van der Waals surface area contributed by atoms with Crippen LogP contribution in [0.15, 0.2) is 23.1 Å². The first-order valence-electron chi connectivity index (χ1n) is 4.96. The average molecular weight is 206 g/mol. The topological polar surface area (TPSA) is 55.9 Å². The Morgan fingerprint density at radius 2 is 2.33 bits per heavy atom. The van der Waals surface area contributed by atoms with Gasteiger partial charge in [0, 0.05) is 24.8 Å². The van der Waals surface area contributed by atoms with E-state index in [2.05, 4.69) is 15.6 Å². The number of nitrogens with one attached hydrogen (secondary N) is 1. The first kappa shape index (κ1) is 9.92. The Hall–Kier alpha value is -1.62. The van der Waals surface area contributed by atoms with Crippen LogP contribution in [0.25, 0.3) is 11.3 Å². The first-order chi connectivity index (χ1) is 7.35. The van der Waals surface area contributed by atoms with Gasteiger partial charge in [-0.25, -0.2) is 0 Å². The van der Waals surface area contributed by atoms with Crippen LogP contribution >= 0.6 is 0 Å². The molecule has 5 heteroatoms. The van der Waals surface area contributed by atoms with Crippen molar-refractivity contribution in [3.63, 3.8) is 0 Å². The van der Waals surface area contributed by atoms with Crippen molar-refractivity contribution < 1.29 is 4.52 Å². The van der Waals surface area contributed by atoms with Crippen molar-refractivity contribution in [2.24, 2.45) is 0 Å². The Kier molecular flexibility index (Phi) is 2.82. The van der Waals surface area contributed by atoms with E-state index in [-0.39, 0.29) is 0 Å². The van der Waals surface area contributed by atoms with Gasteiger partial charge >= 0.3 is 0 Å². The van der Waals surface area contributed by atoms with Gasteiger partial charge in [-0.2, -0.15) is 5.10 Å². The minimum absolute atomic E-state index is 0.746. The summed E-state index contributed by atoms with van der Waals surface area (Å²) in [5.41, 5.74) is 2.02. The third-order valence-electron chi connectivity index (χ3n) is 2.23. The summed E-state index contributed by atoms with van der Waals surface area (Å²) in [5, 5.41) is 11.1. The van der Waals surface area contributed by atoms with Crippen molar-refractivity contribution in [2.75, 3.05) is 7.05 Å². The molecule has 0 aromatic carbocycles. The Bertz CT molecular complexity index is 432. The van der Waals surface area contributed by atoms with Crippen molar-refractivity contribution in [2.45, 2.75) is 20.0 Å². The molecule has 2 aromatic rings. The van der Waals surface area contributed by atoms with Crippen LogP contribution in [0.1, 0.15) is 12.5 Å². The Balaban J connectivity index is 2.31. The van der Waals surface area contributed by atoms with E-state index in [9.17, 15) is 0 Å². The number of hydrogen-bond donors (Lipinski definition) is 1. The van der Waals surface area contributed by atoms with E-state index < -0.39 is 0 Å². The van der Waals surface area contributed by atoms with E-state index in [0.29, 0.717) is 0 Å². The van der Waals surface area contributed by atoms with Gasteiger partial charge in [0.15, 0.2) is 5.76 Å². The number of hydrogen-bond acceptors (Lipinski definition) is 4. The van der Waals surface area contributed by atoms with E-state index in [1.165, 1.54) is 0 Å². The molecule has 0 atom stereocenters. The van der Waals surface area contributed by atoms with Crippen molar-refractivity contribution >= 4 is 0 Å². The molecular formula is C10H14N4O. The van der Waals surface area contributed by atoms with Gasteiger partial charge in [0.1, 0.15) is 0 Å². The summed E-state index contributed by atoms with van der Waals surface area (Å²) < 4.78 is 7.08. The van der Waals surface area contributed by atoms with Gasteiger partial charge in [0.25, 0.3) is 0 Å². The second-order valence-electron chi connectivity index (χ2n) is 3.30. The minimum atomic E-state index is 0.746. The lowest BCUT2D eigenvalue weighted by Gasteiger charge is -1.96. The predicted octanol–water partition coefficient (Wildman–Crippen LogP) is 1.28. The zero-order chi connectivity index (χ0) is 10.7. The van der Waals surface area contributed by atoms with Gasteiger partial charge in [-0.05, 0) is 14.0 Å². The number of rotatable bonds is 4. The van der Waals surface area contributed by atoms with E-state index >= 15 is 0 Å². The molecule has 0 aliphatic rings. The Labute approximate surface area is 88.1 Å². The molecule has 0 spiro atoms. The highest BCUT2D eigenvalue weighted by Crippen LogP contribution is 2.22. The Morgan fingerprint density at radius 1 is 1.47 bits per heavy atom. The molecule has 0 saturated heterocycles. The maximum absolute atomic E-state index is 5.22. The lowest BCUT2D eigenvalue weighted by atomic mass is 10.2. The van der Waals surface area contributed by atoms with Gasteiger partial charge < -0.3 is 9.84 Å². The summed E-state index contributed by atoms with van der Waals surface area (Å²) in [7, 11) is 1.90. The monoisotopic (exact) mass is 206 g/mol. The maximum Gasteiger partial charge on any atom is 0.174 e. The van der Waals surface area contributed by atoms with Crippen LogP contribution in [-0.4, -0.2) is 22.0 Å². The lowest BCUT2D eigenvalue weighted by Crippen LogP contribution is -2.04. The number of nitrogens with zero attached hydrogens (tertiary/aromatic N) is 3. The van der Waals surface area contributed by atoms with Gasteiger partial charge in [-0.15, -0.1) is 0 Å². The Morgan fingerprint density at radius 3 is 3.00 bits per heavy atom. The fourth-order valence-electron chi connectivity index (χ4n) is 1.47. The lowest BCUT2D eigenvalue weighted by molar-refractivity contribution is 0.431. The molecule has 2 heterocycles. The van der Waals surface area contributed by atoms with Crippen molar-refractivity contribution in [3.8, 4) is 11.3 Å². The highest BCUT2D eigenvalue weighted by molar-refractivity contribution is 5.58. The molecule has 0 radical (unpaired) electrons. The smallest absolute Gasteiger partial charge is 0.174 e. The van der Waals surface area contributed by atoms with Crippen LogP contribution < -0.4 is 5.32 Å². The molecule has 0 saturated carbocycles. The van der Waals surface area contributed by atoms with Crippen molar-refractivity contribution in [1.82, 2.24) is 20.3 Å². The summed E-state index contributed by atoms with van der Waals surface area (Å²) in [6.07, 6.45) is 5.48. The number of aryl methyl sites for hydroxylation is 1. The molecular weight excluding hydrogens is 192 g/mol. The molecule has 0 aliphatic heterocycles. The molecule has 2 rings (SSSR count). The normalized spacial score (nSPS) is 10.8. The van der Waals surface area contributed by atoms with Crippen molar-refractivity contribution in [3.05, 3.63) is 24.2 Å². The van der Waals surface area contributed by atoms with Gasteiger partial charge in [0.05, 0.1) is 18.0 Å². The van der Waals surface area contributed by atoms with Gasteiger partial charge in [-0.3, -0.25) is 4.68 Å². The molecule has 0 unspecified atom stereocenters. The van der Waals surface area contributed by atoms with E-state index in [1.54, 1.807) is 12.4 Å². The van der Waals surface area contributed by atoms with Crippen LogP contribution in [0.5, 0.6) is 0 Å². The zero-order valence-electron chi connectivity index (χ0n) is 8.90. The summed E-state index contributed by atoms with van der Waals surface area (Å²) in [5.74, 6) is 0.795. The second-order valence-corrected chi connectivity index (χ2v) is 3.30. The summed E-state index contributed by atoms with van der Waals surface area (Å²) in [4.78, 5) is 0. The molecule has 2 aromatic heterocycles. The molecule has 80 valence electrons. The third-order valence-corrected chi connectivity index (χ3v) is 2.23. The zero-order valence-corrected chi connectivity index (χ0v) is 8.90. The fraction of sp³-hybridized carbons (Fsp3) is 0.400. The maximum atomic E-state index is 5.22. The summed E-state index contributed by atoms with van der Waals surface area (Å²) >= 11 is 0. The average Bonchev–Trinajstić information content (AvgIpc) is 2.85. The van der Waals surface area contributed by atoms with Crippen LogP contribution in [0.3, 0.4) is 0 Å². The van der Waals surface area contributed by atoms with Crippen LogP contribution in [-0.2, 0) is 13.1 Å². The molecule has 1 N–H and O–H groups in total. The van der Waals surface area contributed by atoms with Crippen LogP contribution in [0.4, 0.5) is 0 Å².